The maximum atomic E-state index is 12.7. The van der Waals surface area contributed by atoms with Crippen LogP contribution in [0.25, 0.3) is 0 Å². The first-order chi connectivity index (χ1) is 22.1. The maximum Gasteiger partial charge on any atom is 0.326 e. The Bertz CT molecular complexity index is 812. The van der Waals surface area contributed by atoms with Crippen molar-refractivity contribution in [3.05, 3.63) is 12.2 Å². The van der Waals surface area contributed by atoms with Crippen LogP contribution in [-0.2, 0) is 19.2 Å². The Labute approximate surface area is 279 Å². The Morgan fingerprint density at radius 2 is 1.04 bits per heavy atom. The van der Waals surface area contributed by atoms with Crippen molar-refractivity contribution >= 4 is 23.8 Å². The lowest BCUT2D eigenvalue weighted by molar-refractivity contribution is -0.145. The molecule has 0 bridgehead atoms. The molecule has 1 amide bonds. The molecule has 0 aliphatic heterocycles. The van der Waals surface area contributed by atoms with E-state index >= 15 is 0 Å². The van der Waals surface area contributed by atoms with Gasteiger partial charge in [-0.3, -0.25) is 19.3 Å². The highest BCUT2D eigenvalue weighted by atomic mass is 16.4. The summed E-state index contributed by atoms with van der Waals surface area (Å²) in [6, 6.07) is -3.35. The number of hydrogen-bond donors (Lipinski definition) is 5. The van der Waals surface area contributed by atoms with Crippen LogP contribution in [0.15, 0.2) is 12.2 Å². The fourth-order valence-electron chi connectivity index (χ4n) is 5.69. The van der Waals surface area contributed by atoms with Crippen LogP contribution in [0.5, 0.6) is 0 Å². The van der Waals surface area contributed by atoms with Crippen molar-refractivity contribution < 1.29 is 34.5 Å². The molecule has 0 saturated heterocycles. The van der Waals surface area contributed by atoms with Crippen LogP contribution < -0.4 is 11.1 Å². The van der Waals surface area contributed by atoms with Crippen LogP contribution in [0.1, 0.15) is 162 Å². The van der Waals surface area contributed by atoms with Gasteiger partial charge in [0, 0.05) is 6.42 Å². The lowest BCUT2D eigenvalue weighted by Crippen LogP contribution is -2.44. The van der Waals surface area contributed by atoms with E-state index in [1.807, 2.05) is 4.90 Å². The van der Waals surface area contributed by atoms with E-state index in [1.54, 1.807) is 0 Å². The van der Waals surface area contributed by atoms with Gasteiger partial charge in [0.1, 0.15) is 18.1 Å². The molecular formula is C36H67N3O7. The zero-order chi connectivity index (χ0) is 34.4. The van der Waals surface area contributed by atoms with Crippen LogP contribution in [0.3, 0.4) is 0 Å². The molecule has 0 unspecified atom stereocenters. The SMILES string of the molecule is CCCCCCCCCCCCN(CCCCCCCCCCCC)[C@H](CCC(=O)N[C@@H](C/C=C/[C@@H](N)C(=O)O)C(=O)O)C(=O)O. The monoisotopic (exact) mass is 653 g/mol. The number of nitrogens with one attached hydrogen (secondary N) is 1. The molecule has 46 heavy (non-hydrogen) atoms. The fraction of sp³-hybridized carbons (Fsp3) is 0.833. The van der Waals surface area contributed by atoms with E-state index in [0.717, 1.165) is 38.5 Å². The Kier molecular flexibility index (Phi) is 28.3. The summed E-state index contributed by atoms with van der Waals surface area (Å²) in [5, 5.41) is 30.9. The van der Waals surface area contributed by atoms with Gasteiger partial charge >= 0.3 is 17.9 Å². The van der Waals surface area contributed by atoms with Gasteiger partial charge in [0.05, 0.1) is 0 Å². The Hall–Kier alpha value is -2.46. The zero-order valence-electron chi connectivity index (χ0n) is 29.1. The number of carbonyl (C=O) groups excluding carboxylic acids is 1. The molecule has 0 aromatic heterocycles. The molecular weight excluding hydrogens is 586 g/mol. The van der Waals surface area contributed by atoms with Gasteiger partial charge in [-0.15, -0.1) is 0 Å². The van der Waals surface area contributed by atoms with Crippen molar-refractivity contribution in [2.75, 3.05) is 13.1 Å². The number of unbranched alkanes of at least 4 members (excludes halogenated alkanes) is 18. The number of nitrogens with two attached hydrogens (primary N) is 1. The van der Waals surface area contributed by atoms with Crippen molar-refractivity contribution in [3.63, 3.8) is 0 Å². The molecule has 0 aliphatic carbocycles. The normalized spacial score (nSPS) is 13.6. The Morgan fingerprint density at radius 3 is 1.41 bits per heavy atom. The van der Waals surface area contributed by atoms with Crippen molar-refractivity contribution in [1.82, 2.24) is 10.2 Å². The van der Waals surface area contributed by atoms with Crippen LogP contribution in [0.4, 0.5) is 0 Å². The fourth-order valence-corrected chi connectivity index (χ4v) is 5.69. The highest BCUT2D eigenvalue weighted by Gasteiger charge is 2.27. The van der Waals surface area contributed by atoms with E-state index in [4.69, 9.17) is 10.8 Å². The highest BCUT2D eigenvalue weighted by Crippen LogP contribution is 2.16. The van der Waals surface area contributed by atoms with Crippen molar-refractivity contribution in [1.29, 1.82) is 0 Å². The van der Waals surface area contributed by atoms with E-state index in [1.165, 1.54) is 102 Å². The van der Waals surface area contributed by atoms with E-state index in [2.05, 4.69) is 19.2 Å². The molecule has 10 heteroatoms. The number of hydrogen-bond acceptors (Lipinski definition) is 6. The summed E-state index contributed by atoms with van der Waals surface area (Å²) in [6.07, 6.45) is 26.4. The standard InChI is InChI=1S/C36H67N3O7/c1-3-5-7-9-11-13-15-17-19-21-28-39(29-22-20-18-16-14-12-10-8-6-4-2)32(36(45)46)26-27-33(40)38-31(35(43)44)25-23-24-30(37)34(41)42/h23-24,30-32H,3-22,25-29,37H2,1-2H3,(H,38,40)(H,41,42)(H,43,44)(H,45,46)/b24-23+/t30-,31+,32-/m1/s1. The highest BCUT2D eigenvalue weighted by molar-refractivity contribution is 5.84. The van der Waals surface area contributed by atoms with Gasteiger partial charge in [-0.25, -0.2) is 4.79 Å². The molecule has 3 atom stereocenters. The zero-order valence-corrected chi connectivity index (χ0v) is 29.1. The average Bonchev–Trinajstić information content (AvgIpc) is 3.01. The Balaban J connectivity index is 4.95. The molecule has 0 fully saturated rings. The minimum absolute atomic E-state index is 0.0861. The largest absolute Gasteiger partial charge is 0.480 e. The topological polar surface area (TPSA) is 170 Å². The third kappa shape index (κ3) is 24.7. The summed E-state index contributed by atoms with van der Waals surface area (Å²) in [4.78, 5) is 49.6. The maximum absolute atomic E-state index is 12.7. The lowest BCUT2D eigenvalue weighted by atomic mass is 10.0. The molecule has 0 saturated carbocycles. The predicted molar refractivity (Wildman–Crippen MR) is 185 cm³/mol. The van der Waals surface area contributed by atoms with Crippen molar-refractivity contribution in [2.24, 2.45) is 5.73 Å². The summed E-state index contributed by atoms with van der Waals surface area (Å²) in [5.74, 6) is -4.02. The van der Waals surface area contributed by atoms with Gasteiger partial charge in [0.15, 0.2) is 0 Å². The van der Waals surface area contributed by atoms with Gasteiger partial charge in [0.25, 0.3) is 0 Å². The number of carboxylic acid groups (broad SMARTS) is 3. The average molecular weight is 654 g/mol. The second-order valence-electron chi connectivity index (χ2n) is 12.8. The van der Waals surface area contributed by atoms with Crippen LogP contribution >= 0.6 is 0 Å². The van der Waals surface area contributed by atoms with E-state index in [9.17, 15) is 29.4 Å². The second-order valence-corrected chi connectivity index (χ2v) is 12.8. The first-order valence-electron chi connectivity index (χ1n) is 18.3. The molecule has 0 aromatic rings. The first-order valence-corrected chi connectivity index (χ1v) is 18.3. The second kappa shape index (κ2) is 29.9. The minimum atomic E-state index is -1.27. The number of carboxylic acids is 3. The van der Waals surface area contributed by atoms with Crippen LogP contribution in [0, 0.1) is 0 Å². The van der Waals surface area contributed by atoms with Gasteiger partial charge in [0.2, 0.25) is 5.91 Å². The van der Waals surface area contributed by atoms with Crippen molar-refractivity contribution in [2.45, 2.75) is 180 Å². The number of amides is 1. The smallest absolute Gasteiger partial charge is 0.326 e. The number of rotatable bonds is 33. The van der Waals surface area contributed by atoms with E-state index in [0.29, 0.717) is 13.1 Å². The summed E-state index contributed by atoms with van der Waals surface area (Å²) in [5.41, 5.74) is 5.41. The molecule has 10 nitrogen and oxygen atoms in total. The van der Waals surface area contributed by atoms with Gasteiger partial charge in [-0.1, -0.05) is 142 Å². The van der Waals surface area contributed by atoms with Crippen LogP contribution in [-0.4, -0.2) is 75.2 Å². The third-order valence-electron chi connectivity index (χ3n) is 8.60. The van der Waals surface area contributed by atoms with Gasteiger partial charge in [-0.05, 0) is 38.8 Å². The molecule has 0 aliphatic rings. The first kappa shape index (κ1) is 43.5. The molecule has 0 aromatic carbocycles. The molecule has 0 spiro atoms. The van der Waals surface area contributed by atoms with Crippen LogP contribution in [0.2, 0.25) is 0 Å². The van der Waals surface area contributed by atoms with Gasteiger partial charge in [-0.2, -0.15) is 0 Å². The minimum Gasteiger partial charge on any atom is -0.480 e. The molecule has 6 N–H and O–H groups in total. The number of aliphatic carboxylic acids is 3. The number of carbonyl (C=O) groups is 4. The predicted octanol–water partition coefficient (Wildman–Crippen LogP) is 7.29. The van der Waals surface area contributed by atoms with E-state index in [-0.39, 0.29) is 19.3 Å². The summed E-state index contributed by atoms with van der Waals surface area (Å²) < 4.78 is 0. The summed E-state index contributed by atoms with van der Waals surface area (Å²) >= 11 is 0. The molecule has 0 rings (SSSR count). The third-order valence-corrected chi connectivity index (χ3v) is 8.60. The lowest BCUT2D eigenvalue weighted by Gasteiger charge is -2.29. The Morgan fingerprint density at radius 1 is 0.630 bits per heavy atom. The summed E-state index contributed by atoms with van der Waals surface area (Å²) in [6.45, 7) is 5.78. The van der Waals surface area contributed by atoms with Gasteiger partial charge < -0.3 is 26.4 Å². The molecule has 0 heterocycles. The van der Waals surface area contributed by atoms with E-state index < -0.39 is 41.9 Å². The number of nitrogens with zero attached hydrogens (tertiary/aromatic N) is 1. The molecule has 268 valence electrons. The quantitative estimate of drug-likeness (QED) is 0.0360. The molecule has 0 radical (unpaired) electrons. The van der Waals surface area contributed by atoms with Crippen molar-refractivity contribution in [3.8, 4) is 0 Å². The summed E-state index contributed by atoms with van der Waals surface area (Å²) in [7, 11) is 0.